The molecule has 60 valence electrons. The van der Waals surface area contributed by atoms with Crippen molar-refractivity contribution in [2.75, 3.05) is 0 Å². The third-order valence-corrected chi connectivity index (χ3v) is 4.66. The molecule has 11 heavy (non-hydrogen) atoms. The van der Waals surface area contributed by atoms with Crippen LogP contribution in [0.5, 0.6) is 0 Å². The molecule has 0 nitrogen and oxygen atoms in total. The van der Waals surface area contributed by atoms with Gasteiger partial charge in [0.2, 0.25) is 0 Å². The van der Waals surface area contributed by atoms with Crippen molar-refractivity contribution in [3.05, 3.63) is 35.9 Å². The zero-order valence-corrected chi connectivity index (χ0v) is 9.69. The first-order chi connectivity index (χ1) is 5.08. The predicted octanol–water partition coefficient (Wildman–Crippen LogP) is 3.11. The molecule has 0 aliphatic carbocycles. The fraction of sp³-hybridized carbons (Fsp3) is 0.400. The van der Waals surface area contributed by atoms with Crippen LogP contribution in [0.2, 0.25) is 17.3 Å². The van der Waals surface area contributed by atoms with Crippen LogP contribution in [0.4, 0.5) is 0 Å². The standard InChI is InChI=1S/C10H16Ge/c1-11(2,3)9-10-7-5-4-6-8-10/h4-8H,9H2,1-3H3. The van der Waals surface area contributed by atoms with E-state index >= 15 is 0 Å². The van der Waals surface area contributed by atoms with E-state index in [-0.39, 0.29) is 0 Å². The molecule has 0 aliphatic rings. The summed E-state index contributed by atoms with van der Waals surface area (Å²) in [7, 11) is 0. The van der Waals surface area contributed by atoms with E-state index in [1.165, 1.54) is 10.8 Å². The van der Waals surface area contributed by atoms with E-state index in [0.717, 1.165) is 0 Å². The van der Waals surface area contributed by atoms with Gasteiger partial charge in [-0.05, 0) is 0 Å². The van der Waals surface area contributed by atoms with Crippen molar-refractivity contribution in [3.63, 3.8) is 0 Å². The topological polar surface area (TPSA) is 0 Å². The molecule has 0 N–H and O–H groups in total. The first-order valence-corrected chi connectivity index (χ1v) is 11.9. The van der Waals surface area contributed by atoms with Crippen LogP contribution < -0.4 is 0 Å². The van der Waals surface area contributed by atoms with E-state index in [0.29, 0.717) is 0 Å². The minimum absolute atomic E-state index is 1.35. The van der Waals surface area contributed by atoms with Gasteiger partial charge in [-0.3, -0.25) is 0 Å². The molecule has 0 saturated heterocycles. The van der Waals surface area contributed by atoms with Gasteiger partial charge in [-0.25, -0.2) is 0 Å². The van der Waals surface area contributed by atoms with E-state index < -0.39 is 13.3 Å². The molecule has 0 bridgehead atoms. The number of rotatable bonds is 2. The first-order valence-electron chi connectivity index (χ1n) is 4.12. The molecule has 1 aromatic rings. The Morgan fingerprint density at radius 1 is 1.00 bits per heavy atom. The van der Waals surface area contributed by atoms with Gasteiger partial charge >= 0.3 is 71.7 Å². The van der Waals surface area contributed by atoms with Crippen molar-refractivity contribution in [2.24, 2.45) is 0 Å². The Morgan fingerprint density at radius 3 is 2.00 bits per heavy atom. The molecule has 0 aromatic heterocycles. The molecule has 0 unspecified atom stereocenters. The molecule has 0 amide bonds. The van der Waals surface area contributed by atoms with Crippen molar-refractivity contribution >= 4 is 13.3 Å². The van der Waals surface area contributed by atoms with Crippen molar-refractivity contribution in [1.82, 2.24) is 0 Å². The molecule has 0 heterocycles. The van der Waals surface area contributed by atoms with Gasteiger partial charge in [0.15, 0.2) is 0 Å². The van der Waals surface area contributed by atoms with Gasteiger partial charge in [-0.2, -0.15) is 0 Å². The summed E-state index contributed by atoms with van der Waals surface area (Å²) < 4.78 is 0. The van der Waals surface area contributed by atoms with E-state index in [1.54, 1.807) is 0 Å². The van der Waals surface area contributed by atoms with Gasteiger partial charge in [-0.1, -0.05) is 0 Å². The summed E-state index contributed by atoms with van der Waals surface area (Å²) in [5, 5.41) is 1.35. The van der Waals surface area contributed by atoms with E-state index in [9.17, 15) is 0 Å². The average Bonchev–Trinajstić information content (AvgIpc) is 1.85. The molecule has 0 radical (unpaired) electrons. The fourth-order valence-corrected chi connectivity index (χ4v) is 4.27. The van der Waals surface area contributed by atoms with Gasteiger partial charge in [0.1, 0.15) is 0 Å². The monoisotopic (exact) mass is 210 g/mol. The van der Waals surface area contributed by atoms with Crippen molar-refractivity contribution < 1.29 is 0 Å². The second-order valence-electron chi connectivity index (χ2n) is 4.22. The summed E-state index contributed by atoms with van der Waals surface area (Å²) in [5.74, 6) is 7.35. The number of benzene rings is 1. The summed E-state index contributed by atoms with van der Waals surface area (Å²) in [6.07, 6.45) is 0. The summed E-state index contributed by atoms with van der Waals surface area (Å²) >= 11 is -1.35. The maximum atomic E-state index is 2.45. The number of hydrogen-bond acceptors (Lipinski definition) is 0. The molecule has 0 saturated carbocycles. The van der Waals surface area contributed by atoms with Crippen LogP contribution in [0, 0.1) is 0 Å². The summed E-state index contributed by atoms with van der Waals surface area (Å²) in [4.78, 5) is 0. The second kappa shape index (κ2) is 3.44. The summed E-state index contributed by atoms with van der Waals surface area (Å²) in [6.45, 7) is 0. The normalized spacial score (nSPS) is 11.5. The molecule has 0 spiro atoms. The maximum absolute atomic E-state index is 2.45. The molecule has 1 aromatic carbocycles. The Labute approximate surface area is 72.0 Å². The van der Waals surface area contributed by atoms with Crippen molar-refractivity contribution in [2.45, 2.75) is 22.5 Å². The quantitative estimate of drug-likeness (QED) is 0.656. The van der Waals surface area contributed by atoms with Crippen LogP contribution in [0.25, 0.3) is 0 Å². The summed E-state index contributed by atoms with van der Waals surface area (Å²) in [5.41, 5.74) is 1.51. The predicted molar refractivity (Wildman–Crippen MR) is 53.5 cm³/mol. The van der Waals surface area contributed by atoms with E-state index in [4.69, 9.17) is 0 Å². The van der Waals surface area contributed by atoms with Crippen LogP contribution >= 0.6 is 0 Å². The van der Waals surface area contributed by atoms with Crippen LogP contribution in [0.3, 0.4) is 0 Å². The van der Waals surface area contributed by atoms with Crippen LogP contribution in [0.1, 0.15) is 5.56 Å². The molecule has 0 aliphatic heterocycles. The molecule has 0 fully saturated rings. The van der Waals surface area contributed by atoms with Gasteiger partial charge < -0.3 is 0 Å². The molecule has 1 rings (SSSR count). The Balaban J connectivity index is 2.66. The van der Waals surface area contributed by atoms with Gasteiger partial charge in [0.05, 0.1) is 0 Å². The average molecular weight is 209 g/mol. The van der Waals surface area contributed by atoms with Crippen LogP contribution in [0.15, 0.2) is 30.3 Å². The SMILES string of the molecule is [CH3][Ge]([CH3])([CH3])[CH2]c1ccccc1. The van der Waals surface area contributed by atoms with Crippen LogP contribution in [-0.2, 0) is 5.25 Å². The van der Waals surface area contributed by atoms with Gasteiger partial charge in [0.25, 0.3) is 0 Å². The van der Waals surface area contributed by atoms with Gasteiger partial charge in [0, 0.05) is 0 Å². The van der Waals surface area contributed by atoms with Gasteiger partial charge in [-0.15, -0.1) is 0 Å². The second-order valence-corrected chi connectivity index (χ2v) is 15.7. The zero-order chi connectivity index (χ0) is 8.32. The number of hydrogen-bond donors (Lipinski definition) is 0. The first kappa shape index (κ1) is 8.86. The van der Waals surface area contributed by atoms with Crippen LogP contribution in [-0.4, -0.2) is 13.3 Å². The third kappa shape index (κ3) is 3.61. The Bertz CT molecular complexity index is 208. The Kier molecular flexibility index (Phi) is 2.77. The molecular formula is C10H16Ge. The van der Waals surface area contributed by atoms with Crippen molar-refractivity contribution in [3.8, 4) is 0 Å². The van der Waals surface area contributed by atoms with E-state index in [1.807, 2.05) is 0 Å². The third-order valence-electron chi connectivity index (χ3n) is 1.58. The Hall–Kier alpha value is -0.237. The van der Waals surface area contributed by atoms with E-state index in [2.05, 4.69) is 47.6 Å². The summed E-state index contributed by atoms with van der Waals surface area (Å²) in [6, 6.07) is 10.8. The molecular weight excluding hydrogens is 193 g/mol. The Morgan fingerprint density at radius 2 is 1.55 bits per heavy atom. The zero-order valence-electron chi connectivity index (χ0n) is 7.59. The fourth-order valence-electron chi connectivity index (χ4n) is 1.21. The van der Waals surface area contributed by atoms with Crippen molar-refractivity contribution in [1.29, 1.82) is 0 Å². The minimum atomic E-state index is -1.35. The molecule has 1 heteroatoms. The molecule has 0 atom stereocenters.